The van der Waals surface area contributed by atoms with Crippen LogP contribution < -0.4 is 0 Å². The molecule has 2 atom stereocenters. The molecular weight excluding hydrogens is 392 g/mol. The third-order valence-electron chi connectivity index (χ3n) is 8.57. The van der Waals surface area contributed by atoms with Crippen LogP contribution >= 0.6 is 0 Å². The van der Waals surface area contributed by atoms with Gasteiger partial charge in [0.05, 0.1) is 0 Å². The first-order valence-corrected chi connectivity index (χ1v) is 14.5. The maximum Gasteiger partial charge on any atom is 0.170 e. The van der Waals surface area contributed by atoms with Crippen LogP contribution in [0.2, 0.25) is 0 Å². The van der Waals surface area contributed by atoms with E-state index in [4.69, 9.17) is 9.47 Å². The molecule has 2 nitrogen and oxygen atoms in total. The van der Waals surface area contributed by atoms with Crippen LogP contribution in [0.25, 0.3) is 0 Å². The second-order valence-corrected chi connectivity index (χ2v) is 10.9. The lowest BCUT2D eigenvalue weighted by Gasteiger charge is -2.58. The number of rotatable bonds is 23. The zero-order valence-electron chi connectivity index (χ0n) is 23.8. The zero-order valence-corrected chi connectivity index (χ0v) is 23.8. The van der Waals surface area contributed by atoms with Gasteiger partial charge in [-0.3, -0.25) is 0 Å². The van der Waals surface area contributed by atoms with Gasteiger partial charge in [0.1, 0.15) is 0 Å². The quantitative estimate of drug-likeness (QED) is 0.113. The molecule has 0 spiro atoms. The van der Waals surface area contributed by atoms with Crippen molar-refractivity contribution in [2.75, 3.05) is 14.2 Å². The van der Waals surface area contributed by atoms with E-state index in [1.165, 1.54) is 122 Å². The summed E-state index contributed by atoms with van der Waals surface area (Å²) in [5, 5.41) is 0. The highest BCUT2D eigenvalue weighted by atomic mass is 16.7. The number of hydrogen-bond acceptors (Lipinski definition) is 2. The van der Waals surface area contributed by atoms with Crippen molar-refractivity contribution in [2.24, 2.45) is 10.8 Å². The second kappa shape index (κ2) is 18.3. The molecule has 0 saturated heterocycles. The van der Waals surface area contributed by atoms with Crippen LogP contribution in [0.15, 0.2) is 0 Å². The van der Waals surface area contributed by atoms with Gasteiger partial charge in [-0.25, -0.2) is 0 Å². The van der Waals surface area contributed by atoms with Crippen LogP contribution in [-0.4, -0.2) is 20.0 Å². The van der Waals surface area contributed by atoms with E-state index < -0.39 is 5.79 Å². The third-order valence-corrected chi connectivity index (χ3v) is 8.57. The predicted octanol–water partition coefficient (Wildman–Crippen LogP) is 10.5. The largest absolute Gasteiger partial charge is 0.353 e. The summed E-state index contributed by atoms with van der Waals surface area (Å²) >= 11 is 0. The molecule has 0 amide bonds. The molecule has 0 aromatic rings. The minimum atomic E-state index is -0.530. The Bertz CT molecular complexity index is 417. The summed E-state index contributed by atoms with van der Waals surface area (Å²) in [6.07, 6.45) is 25.1. The first-order chi connectivity index (χ1) is 15.4. The van der Waals surface area contributed by atoms with Gasteiger partial charge >= 0.3 is 0 Å². The lowest BCUT2D eigenvalue weighted by Crippen LogP contribution is -2.58. The highest BCUT2D eigenvalue weighted by Crippen LogP contribution is 2.59. The fourth-order valence-corrected chi connectivity index (χ4v) is 6.47. The van der Waals surface area contributed by atoms with Crippen molar-refractivity contribution >= 4 is 0 Å². The van der Waals surface area contributed by atoms with Crippen molar-refractivity contribution in [3.05, 3.63) is 0 Å². The SMILES string of the molecule is CCCCCCCCCCC(CCC)(C(C)(CCC)CCCCCCC)C(C)(OC)OC. The second-order valence-electron chi connectivity index (χ2n) is 10.9. The molecule has 0 aliphatic carbocycles. The van der Waals surface area contributed by atoms with Gasteiger partial charge in [-0.1, -0.05) is 131 Å². The Morgan fingerprint density at radius 2 is 0.844 bits per heavy atom. The molecule has 0 saturated carbocycles. The van der Waals surface area contributed by atoms with Gasteiger partial charge in [0.2, 0.25) is 0 Å². The van der Waals surface area contributed by atoms with E-state index in [0.717, 1.165) is 0 Å². The van der Waals surface area contributed by atoms with Crippen molar-refractivity contribution in [3.8, 4) is 0 Å². The van der Waals surface area contributed by atoms with Crippen LogP contribution in [0.3, 0.4) is 0 Å². The van der Waals surface area contributed by atoms with Gasteiger partial charge in [-0.2, -0.15) is 0 Å². The average molecular weight is 455 g/mol. The van der Waals surface area contributed by atoms with Gasteiger partial charge in [-0.05, 0) is 38.0 Å². The Balaban J connectivity index is 5.53. The van der Waals surface area contributed by atoms with Crippen molar-refractivity contribution in [2.45, 2.75) is 169 Å². The molecule has 0 fully saturated rings. The maximum atomic E-state index is 6.24. The molecule has 0 aliphatic heterocycles. The van der Waals surface area contributed by atoms with Gasteiger partial charge < -0.3 is 9.47 Å². The molecule has 32 heavy (non-hydrogen) atoms. The van der Waals surface area contributed by atoms with Crippen LogP contribution in [0, 0.1) is 10.8 Å². The summed E-state index contributed by atoms with van der Waals surface area (Å²) in [6.45, 7) is 14.1. The van der Waals surface area contributed by atoms with E-state index in [9.17, 15) is 0 Å². The maximum absolute atomic E-state index is 6.24. The molecule has 0 rings (SSSR count). The summed E-state index contributed by atoms with van der Waals surface area (Å²) in [6, 6.07) is 0. The van der Waals surface area contributed by atoms with E-state index in [-0.39, 0.29) is 10.8 Å². The molecule has 0 heterocycles. The van der Waals surface area contributed by atoms with Crippen molar-refractivity contribution < 1.29 is 9.47 Å². The van der Waals surface area contributed by atoms with E-state index in [0.29, 0.717) is 0 Å². The molecule has 0 aromatic heterocycles. The molecule has 194 valence electrons. The molecule has 2 unspecified atom stereocenters. The smallest absolute Gasteiger partial charge is 0.170 e. The Kier molecular flexibility index (Phi) is 18.2. The molecule has 0 radical (unpaired) electrons. The third kappa shape index (κ3) is 9.65. The zero-order chi connectivity index (χ0) is 24.3. The van der Waals surface area contributed by atoms with Gasteiger partial charge in [-0.15, -0.1) is 0 Å². The summed E-state index contributed by atoms with van der Waals surface area (Å²) in [5.41, 5.74) is 0.299. The normalized spacial score (nSPS) is 16.1. The van der Waals surface area contributed by atoms with Crippen LogP contribution in [0.1, 0.15) is 164 Å². The highest BCUT2D eigenvalue weighted by Gasteiger charge is 2.58. The van der Waals surface area contributed by atoms with E-state index in [2.05, 4.69) is 41.5 Å². The standard InChI is InChI=1S/C30H62O2/c1-9-13-15-17-18-19-21-23-27-30(25-12-4,29(6,31-7)32-8)28(5,24-11-3)26-22-20-16-14-10-2/h9-27H2,1-8H3. The van der Waals surface area contributed by atoms with Gasteiger partial charge in [0.15, 0.2) is 5.79 Å². The van der Waals surface area contributed by atoms with Gasteiger partial charge in [0.25, 0.3) is 0 Å². The minimum Gasteiger partial charge on any atom is -0.353 e. The monoisotopic (exact) mass is 454 g/mol. The average Bonchev–Trinajstić information content (AvgIpc) is 2.79. The highest BCUT2D eigenvalue weighted by molar-refractivity contribution is 5.03. The molecule has 2 heteroatoms. The fraction of sp³-hybridized carbons (Fsp3) is 1.00. The fourth-order valence-electron chi connectivity index (χ4n) is 6.47. The number of methoxy groups -OCH3 is 2. The number of ether oxygens (including phenoxy) is 2. The Morgan fingerprint density at radius 3 is 1.25 bits per heavy atom. The Labute approximate surface area is 204 Å². The summed E-state index contributed by atoms with van der Waals surface area (Å²) in [4.78, 5) is 0. The van der Waals surface area contributed by atoms with Crippen LogP contribution in [0.5, 0.6) is 0 Å². The lowest BCUT2D eigenvalue weighted by molar-refractivity contribution is -0.303. The van der Waals surface area contributed by atoms with Gasteiger partial charge in [0, 0.05) is 19.6 Å². The first-order valence-electron chi connectivity index (χ1n) is 14.5. The molecule has 0 aromatic carbocycles. The summed E-state index contributed by atoms with van der Waals surface area (Å²) < 4.78 is 12.5. The van der Waals surface area contributed by atoms with Crippen molar-refractivity contribution in [3.63, 3.8) is 0 Å². The number of unbranched alkanes of at least 4 members (excludes halogenated alkanes) is 11. The van der Waals surface area contributed by atoms with E-state index in [1.54, 1.807) is 0 Å². The topological polar surface area (TPSA) is 18.5 Å². The lowest BCUT2D eigenvalue weighted by atomic mass is 9.52. The predicted molar refractivity (Wildman–Crippen MR) is 143 cm³/mol. The van der Waals surface area contributed by atoms with Crippen LogP contribution in [0.4, 0.5) is 0 Å². The first kappa shape index (κ1) is 31.9. The minimum absolute atomic E-state index is 0.0568. The Morgan fingerprint density at radius 1 is 0.438 bits per heavy atom. The molecular formula is C30H62O2. The number of hydrogen-bond donors (Lipinski definition) is 0. The summed E-state index contributed by atoms with van der Waals surface area (Å²) in [5.74, 6) is -0.530. The summed E-state index contributed by atoms with van der Waals surface area (Å²) in [7, 11) is 3.74. The van der Waals surface area contributed by atoms with Crippen molar-refractivity contribution in [1.29, 1.82) is 0 Å². The van der Waals surface area contributed by atoms with Crippen molar-refractivity contribution in [1.82, 2.24) is 0 Å². The van der Waals surface area contributed by atoms with E-state index in [1.807, 2.05) is 14.2 Å². The van der Waals surface area contributed by atoms with E-state index >= 15 is 0 Å². The molecule has 0 bridgehead atoms. The van der Waals surface area contributed by atoms with Crippen LogP contribution in [-0.2, 0) is 9.47 Å². The Hall–Kier alpha value is -0.0800. The molecule has 0 N–H and O–H groups in total. The molecule has 0 aliphatic rings.